The average molecular weight is 943 g/mol. The molecule has 16 heteroatoms. The Kier molecular flexibility index (Phi) is 18.9. The molecule has 352 valence electrons. The molecule has 0 radical (unpaired) electrons. The summed E-state index contributed by atoms with van der Waals surface area (Å²) in [5.41, 5.74) is 5.76. The van der Waals surface area contributed by atoms with Crippen LogP contribution in [0.25, 0.3) is 0 Å². The number of ether oxygens (including phenoxy) is 2. The minimum atomic E-state index is -0.188. The molecule has 0 saturated carbocycles. The van der Waals surface area contributed by atoms with Gasteiger partial charge in [-0.2, -0.15) is 0 Å². The number of benzene rings is 4. The average Bonchev–Trinajstić information content (AvgIpc) is 3.58. The summed E-state index contributed by atoms with van der Waals surface area (Å²) < 4.78 is 12.8. The maximum atomic E-state index is 13.6. The summed E-state index contributed by atoms with van der Waals surface area (Å²) in [6, 6.07) is 35.9. The number of thioether (sulfide) groups is 2. The van der Waals surface area contributed by atoms with Crippen LogP contribution in [0.15, 0.2) is 132 Å². The molecule has 2 aliphatic heterocycles. The van der Waals surface area contributed by atoms with Crippen LogP contribution >= 0.6 is 23.5 Å². The Bertz CT molecular complexity index is 2520. The zero-order valence-corrected chi connectivity index (χ0v) is 41.3. The van der Waals surface area contributed by atoms with Gasteiger partial charge in [0.2, 0.25) is 0 Å². The Morgan fingerprint density at radius 2 is 1.04 bits per heavy atom. The number of carbonyl (C=O) groups excluding carboxylic acids is 2. The van der Waals surface area contributed by atoms with E-state index in [0.29, 0.717) is 84.7 Å². The third kappa shape index (κ3) is 12.5. The number of para-hydroxylation sites is 3. The van der Waals surface area contributed by atoms with Gasteiger partial charge in [0.25, 0.3) is 11.8 Å². The van der Waals surface area contributed by atoms with Crippen LogP contribution in [0.4, 0.5) is 23.0 Å². The molecule has 2 amide bonds. The number of likely N-dealkylation sites (N-methyl/N-ethyl adjacent to an activating group) is 4. The first kappa shape index (κ1) is 50.4. The normalized spacial score (nSPS) is 14.3. The first-order valence-electron chi connectivity index (χ1n) is 22.5. The fourth-order valence-corrected chi connectivity index (χ4v) is 8.36. The van der Waals surface area contributed by atoms with Crippen molar-refractivity contribution < 1.29 is 19.1 Å². The molecule has 6 aromatic rings. The fraction of sp³-hybridized carbons (Fsp3) is 0.333. The number of fused-ring (bicyclic) bond motifs is 2. The van der Waals surface area contributed by atoms with Crippen molar-refractivity contribution in [3.05, 3.63) is 149 Å². The van der Waals surface area contributed by atoms with Crippen molar-refractivity contribution in [2.24, 2.45) is 0 Å². The van der Waals surface area contributed by atoms with Crippen LogP contribution in [-0.2, 0) is 11.3 Å². The van der Waals surface area contributed by atoms with Crippen molar-refractivity contribution in [2.45, 2.75) is 43.0 Å². The summed E-state index contributed by atoms with van der Waals surface area (Å²) in [4.78, 5) is 52.6. The predicted octanol–water partition coefficient (Wildman–Crippen LogP) is 8.43. The van der Waals surface area contributed by atoms with E-state index in [2.05, 4.69) is 42.7 Å². The van der Waals surface area contributed by atoms with Gasteiger partial charge in [-0.1, -0.05) is 128 Å². The lowest BCUT2D eigenvalue weighted by Gasteiger charge is -2.26. The number of hydrogen-bond donors (Lipinski definition) is 2. The number of amides is 2. The highest BCUT2D eigenvalue weighted by atomic mass is 32.2. The van der Waals surface area contributed by atoms with E-state index >= 15 is 0 Å². The van der Waals surface area contributed by atoms with E-state index in [1.165, 1.54) is 23.5 Å². The molecular formula is C51H62N10O4S2. The van der Waals surface area contributed by atoms with Crippen LogP contribution in [-0.4, -0.2) is 112 Å². The Hall–Kier alpha value is -6.04. The zero-order chi connectivity index (χ0) is 47.7. The number of nitrogens with one attached hydrogen (secondary N) is 2. The topological polar surface area (TPSA) is 141 Å². The van der Waals surface area contributed by atoms with Crippen LogP contribution in [0.1, 0.15) is 63.5 Å². The molecule has 0 spiro atoms. The second-order valence-electron chi connectivity index (χ2n) is 15.4. The summed E-state index contributed by atoms with van der Waals surface area (Å²) in [5, 5.41) is 7.72. The van der Waals surface area contributed by atoms with E-state index < -0.39 is 0 Å². The number of anilines is 4. The van der Waals surface area contributed by atoms with Crippen LogP contribution in [0.2, 0.25) is 0 Å². The molecule has 0 saturated heterocycles. The van der Waals surface area contributed by atoms with E-state index in [0.717, 1.165) is 28.1 Å². The molecule has 2 atom stereocenters. The maximum Gasteiger partial charge on any atom is 0.263 e. The lowest BCUT2D eigenvalue weighted by Crippen LogP contribution is -2.34. The summed E-state index contributed by atoms with van der Waals surface area (Å²) in [6.07, 6.45) is 6.85. The summed E-state index contributed by atoms with van der Waals surface area (Å²) >= 11 is 2.93. The van der Waals surface area contributed by atoms with Crippen LogP contribution < -0.4 is 35.0 Å². The van der Waals surface area contributed by atoms with Gasteiger partial charge in [0.15, 0.2) is 10.3 Å². The molecular weight excluding hydrogens is 881 g/mol. The molecule has 8 rings (SSSR count). The summed E-state index contributed by atoms with van der Waals surface area (Å²) in [7, 11) is 7.73. The monoisotopic (exact) mass is 942 g/mol. The largest absolute Gasteiger partial charge is 0.482 e. The quantitative estimate of drug-likeness (QED) is 0.0752. The van der Waals surface area contributed by atoms with Crippen LogP contribution in [0.3, 0.4) is 0 Å². The first-order valence-corrected chi connectivity index (χ1v) is 24.9. The van der Waals surface area contributed by atoms with Crippen molar-refractivity contribution in [1.82, 2.24) is 30.6 Å². The van der Waals surface area contributed by atoms with Gasteiger partial charge in [-0.25, -0.2) is 19.9 Å². The van der Waals surface area contributed by atoms with Crippen molar-refractivity contribution >= 4 is 58.3 Å². The Balaban J connectivity index is 0.000000213. The van der Waals surface area contributed by atoms with Gasteiger partial charge >= 0.3 is 0 Å². The number of carbonyl (C=O) groups is 2. The van der Waals surface area contributed by atoms with E-state index in [1.54, 1.807) is 17.3 Å². The first-order chi connectivity index (χ1) is 32.7. The maximum absolute atomic E-state index is 13.6. The standard InChI is InChI=1S/C25H29N5O2S.C24H27N5O2S.C2H6/c1-26-16-22(18-9-5-4-6-10-18)32-17-19-11-7-8-12-21(19)30-14-13-29(2)23-20(24(30)31)15-27-25(28-23)33-3;1-25-16-21(17-9-5-4-6-10-17)31-20-12-8-7-11-19(20)29-14-13-28(2)22-18(23(29)30)15-26-24(27-22)32-3;1-2/h4-12,15,22,26H,13-14,16-17H2,1-3H3;4-12,15,21,25H,13-14,16H2,1-3H3;1-2H3. The van der Waals surface area contributed by atoms with Gasteiger partial charge in [-0.15, -0.1) is 0 Å². The van der Waals surface area contributed by atoms with Gasteiger partial charge in [0.05, 0.1) is 18.4 Å². The molecule has 4 aromatic carbocycles. The van der Waals surface area contributed by atoms with Crippen molar-refractivity contribution in [2.75, 3.05) is 99.6 Å². The number of aromatic nitrogens is 4. The molecule has 67 heavy (non-hydrogen) atoms. The Labute approximate surface area is 403 Å². The van der Waals surface area contributed by atoms with E-state index in [1.807, 2.05) is 166 Å². The third-order valence-corrected chi connectivity index (χ3v) is 12.2. The van der Waals surface area contributed by atoms with Crippen LogP contribution in [0, 0.1) is 0 Å². The lowest BCUT2D eigenvalue weighted by molar-refractivity contribution is 0.0412. The van der Waals surface area contributed by atoms with Crippen LogP contribution in [0.5, 0.6) is 5.75 Å². The highest BCUT2D eigenvalue weighted by Gasteiger charge is 2.31. The number of rotatable bonds is 15. The third-order valence-electron chi connectivity index (χ3n) is 11.1. The smallest absolute Gasteiger partial charge is 0.263 e. The van der Waals surface area contributed by atoms with Gasteiger partial charge in [-0.3, -0.25) is 9.59 Å². The van der Waals surface area contributed by atoms with Gasteiger partial charge in [-0.05, 0) is 55.9 Å². The van der Waals surface area contributed by atoms with Crippen molar-refractivity contribution in [3.63, 3.8) is 0 Å². The summed E-state index contributed by atoms with van der Waals surface area (Å²) in [5.74, 6) is 1.78. The summed E-state index contributed by atoms with van der Waals surface area (Å²) in [6.45, 7) is 8.12. The van der Waals surface area contributed by atoms with Gasteiger partial charge in [0, 0.05) is 77.0 Å². The molecule has 14 nitrogen and oxygen atoms in total. The molecule has 2 N–H and O–H groups in total. The van der Waals surface area contributed by atoms with Crippen molar-refractivity contribution in [1.29, 1.82) is 0 Å². The van der Waals surface area contributed by atoms with Gasteiger partial charge in [0.1, 0.15) is 34.6 Å². The molecule has 4 heterocycles. The van der Waals surface area contributed by atoms with Gasteiger partial charge < -0.3 is 39.7 Å². The van der Waals surface area contributed by atoms with E-state index in [4.69, 9.17) is 9.47 Å². The highest BCUT2D eigenvalue weighted by Crippen LogP contribution is 2.36. The SMILES string of the molecule is CC.CNCC(OCc1ccccc1N1CCN(C)c2nc(SC)ncc2C1=O)c1ccccc1.CNCC(Oc1ccccc1N1CCN(C)c2nc(SC)ncc2C1=O)c1ccccc1. The molecule has 0 bridgehead atoms. The molecule has 2 unspecified atom stereocenters. The predicted molar refractivity (Wildman–Crippen MR) is 273 cm³/mol. The highest BCUT2D eigenvalue weighted by molar-refractivity contribution is 7.98. The molecule has 2 aliphatic rings. The van der Waals surface area contributed by atoms with E-state index in [-0.39, 0.29) is 24.0 Å². The molecule has 2 aromatic heterocycles. The fourth-order valence-electron chi connectivity index (χ4n) is 7.69. The van der Waals surface area contributed by atoms with Crippen molar-refractivity contribution in [3.8, 4) is 5.75 Å². The van der Waals surface area contributed by atoms with E-state index in [9.17, 15) is 9.59 Å². The molecule has 0 fully saturated rings. The minimum Gasteiger partial charge on any atom is -0.482 e. The second kappa shape index (κ2) is 25.2. The number of nitrogens with zero attached hydrogens (tertiary/aromatic N) is 8. The lowest BCUT2D eigenvalue weighted by atomic mass is 10.1. The Morgan fingerprint density at radius 3 is 1.57 bits per heavy atom. The number of hydrogen-bond acceptors (Lipinski definition) is 14. The Morgan fingerprint density at radius 1 is 0.597 bits per heavy atom. The zero-order valence-electron chi connectivity index (χ0n) is 39.7. The minimum absolute atomic E-state index is 0.0886. The molecule has 0 aliphatic carbocycles. The second-order valence-corrected chi connectivity index (χ2v) is 16.9.